The molecule has 1 aromatic heterocycles. The number of hydrogen-bond acceptors (Lipinski definition) is 2. The van der Waals surface area contributed by atoms with Gasteiger partial charge in [-0.2, -0.15) is 0 Å². The topological polar surface area (TPSA) is 38.1 Å². The number of imidazole rings is 1. The predicted molar refractivity (Wildman–Crippen MR) is 78.3 cm³/mol. The number of amides is 1. The van der Waals surface area contributed by atoms with Crippen LogP contribution in [-0.2, 0) is 11.3 Å². The van der Waals surface area contributed by atoms with Gasteiger partial charge in [-0.25, -0.2) is 4.98 Å². The van der Waals surface area contributed by atoms with Crippen LogP contribution in [0.15, 0.2) is 12.4 Å². The van der Waals surface area contributed by atoms with Crippen molar-refractivity contribution in [2.24, 2.45) is 11.8 Å². The molecule has 1 saturated carbocycles. The second-order valence-electron chi connectivity index (χ2n) is 6.64. The summed E-state index contributed by atoms with van der Waals surface area (Å²) >= 11 is 0. The largest absolute Gasteiger partial charge is 0.342 e. The maximum atomic E-state index is 12.0. The molecule has 1 saturated heterocycles. The Kier molecular flexibility index (Phi) is 3.81. The van der Waals surface area contributed by atoms with Crippen LogP contribution in [0.5, 0.6) is 0 Å². The number of hydrogen-bond donors (Lipinski definition) is 0. The van der Waals surface area contributed by atoms with E-state index in [2.05, 4.69) is 34.5 Å². The van der Waals surface area contributed by atoms with Crippen LogP contribution in [0.1, 0.15) is 51.3 Å². The van der Waals surface area contributed by atoms with Crippen molar-refractivity contribution >= 4 is 5.91 Å². The van der Waals surface area contributed by atoms with Crippen LogP contribution in [0.2, 0.25) is 0 Å². The highest BCUT2D eigenvalue weighted by molar-refractivity contribution is 5.81. The molecule has 2 heterocycles. The molecule has 2 fully saturated rings. The van der Waals surface area contributed by atoms with E-state index in [-0.39, 0.29) is 0 Å². The van der Waals surface area contributed by atoms with Crippen LogP contribution in [-0.4, -0.2) is 33.4 Å². The average Bonchev–Trinajstić information content (AvgIpc) is 3.19. The highest BCUT2D eigenvalue weighted by Crippen LogP contribution is 2.32. The van der Waals surface area contributed by atoms with Gasteiger partial charge >= 0.3 is 0 Å². The Bertz CT molecular complexity index is 468. The van der Waals surface area contributed by atoms with E-state index in [0.717, 1.165) is 45.3 Å². The second kappa shape index (κ2) is 5.58. The van der Waals surface area contributed by atoms with E-state index in [9.17, 15) is 4.79 Å². The molecule has 4 nitrogen and oxygen atoms in total. The molecule has 1 aromatic rings. The zero-order valence-electron chi connectivity index (χ0n) is 12.6. The summed E-state index contributed by atoms with van der Waals surface area (Å²) in [5.41, 5.74) is 0. The van der Waals surface area contributed by atoms with Crippen molar-refractivity contribution in [1.29, 1.82) is 0 Å². The Balaban J connectivity index is 1.53. The van der Waals surface area contributed by atoms with Gasteiger partial charge in [0.1, 0.15) is 5.82 Å². The molecule has 1 amide bonds. The number of piperidine rings is 1. The van der Waals surface area contributed by atoms with Gasteiger partial charge < -0.3 is 9.47 Å². The molecule has 20 heavy (non-hydrogen) atoms. The minimum atomic E-state index is 0.368. The standard InChI is InChI=1S/C16H25N3O/c1-12(2)15-17-7-10-19(15)11-13-5-8-18(9-6-13)16(20)14-3-4-14/h7,10,12-14H,3-6,8-9,11H2,1-2H3. The van der Waals surface area contributed by atoms with Crippen LogP contribution >= 0.6 is 0 Å². The molecular formula is C16H25N3O. The lowest BCUT2D eigenvalue weighted by Crippen LogP contribution is -2.40. The van der Waals surface area contributed by atoms with Crippen LogP contribution in [0.25, 0.3) is 0 Å². The van der Waals surface area contributed by atoms with Gasteiger partial charge in [-0.3, -0.25) is 4.79 Å². The monoisotopic (exact) mass is 275 g/mol. The van der Waals surface area contributed by atoms with Crippen molar-refractivity contribution in [2.75, 3.05) is 13.1 Å². The van der Waals surface area contributed by atoms with Crippen molar-refractivity contribution < 1.29 is 4.79 Å². The molecule has 1 aliphatic heterocycles. The normalized spacial score (nSPS) is 20.6. The molecule has 0 spiro atoms. The van der Waals surface area contributed by atoms with E-state index in [1.165, 1.54) is 5.82 Å². The lowest BCUT2D eigenvalue weighted by Gasteiger charge is -2.32. The summed E-state index contributed by atoms with van der Waals surface area (Å²) in [6.45, 7) is 7.34. The van der Waals surface area contributed by atoms with E-state index < -0.39 is 0 Å². The fourth-order valence-corrected chi connectivity index (χ4v) is 3.18. The van der Waals surface area contributed by atoms with Gasteiger partial charge in [-0.05, 0) is 31.6 Å². The van der Waals surface area contributed by atoms with Crippen LogP contribution in [0, 0.1) is 11.8 Å². The molecule has 0 unspecified atom stereocenters. The molecule has 0 bridgehead atoms. The number of aromatic nitrogens is 2. The van der Waals surface area contributed by atoms with Crippen molar-refractivity contribution in [1.82, 2.24) is 14.5 Å². The van der Waals surface area contributed by atoms with Crippen molar-refractivity contribution in [3.63, 3.8) is 0 Å². The van der Waals surface area contributed by atoms with Gasteiger partial charge in [-0.1, -0.05) is 13.8 Å². The van der Waals surface area contributed by atoms with E-state index in [4.69, 9.17) is 0 Å². The van der Waals surface area contributed by atoms with Gasteiger partial charge in [0, 0.05) is 43.9 Å². The summed E-state index contributed by atoms with van der Waals surface area (Å²) < 4.78 is 2.30. The Hall–Kier alpha value is -1.32. The molecule has 0 aromatic carbocycles. The van der Waals surface area contributed by atoms with Crippen molar-refractivity contribution in [2.45, 2.75) is 52.0 Å². The van der Waals surface area contributed by atoms with Crippen molar-refractivity contribution in [3.8, 4) is 0 Å². The highest BCUT2D eigenvalue weighted by atomic mass is 16.2. The summed E-state index contributed by atoms with van der Waals surface area (Å²) in [4.78, 5) is 18.6. The Morgan fingerprint density at radius 1 is 1.30 bits per heavy atom. The Morgan fingerprint density at radius 3 is 2.60 bits per heavy atom. The lowest BCUT2D eigenvalue weighted by molar-refractivity contribution is -0.134. The van der Waals surface area contributed by atoms with Gasteiger partial charge in [0.15, 0.2) is 0 Å². The molecule has 3 rings (SSSR count). The number of carbonyl (C=O) groups excluding carboxylic acids is 1. The van der Waals surface area contributed by atoms with E-state index in [1.807, 2.05) is 6.20 Å². The van der Waals surface area contributed by atoms with Gasteiger partial charge in [0.2, 0.25) is 5.91 Å². The summed E-state index contributed by atoms with van der Waals surface area (Å²) in [6.07, 6.45) is 8.50. The fraction of sp³-hybridized carbons (Fsp3) is 0.750. The first kappa shape index (κ1) is 13.7. The van der Waals surface area contributed by atoms with Crippen LogP contribution < -0.4 is 0 Å². The summed E-state index contributed by atoms with van der Waals surface area (Å²) in [7, 11) is 0. The third-order valence-corrected chi connectivity index (χ3v) is 4.57. The fourth-order valence-electron chi connectivity index (χ4n) is 3.18. The molecule has 0 atom stereocenters. The SMILES string of the molecule is CC(C)c1nccn1CC1CCN(C(=O)C2CC2)CC1. The van der Waals surface area contributed by atoms with Crippen molar-refractivity contribution in [3.05, 3.63) is 18.2 Å². The zero-order chi connectivity index (χ0) is 14.1. The van der Waals surface area contributed by atoms with Crippen LogP contribution in [0.3, 0.4) is 0 Å². The molecule has 4 heteroatoms. The summed E-state index contributed by atoms with van der Waals surface area (Å²) in [6, 6.07) is 0. The van der Waals surface area contributed by atoms with Gasteiger partial charge in [0.05, 0.1) is 0 Å². The number of likely N-dealkylation sites (tertiary alicyclic amines) is 1. The summed E-state index contributed by atoms with van der Waals surface area (Å²) in [5.74, 6) is 3.12. The Labute approximate surface area is 121 Å². The maximum Gasteiger partial charge on any atom is 0.225 e. The van der Waals surface area contributed by atoms with E-state index in [0.29, 0.717) is 23.7 Å². The molecule has 0 N–H and O–H groups in total. The maximum absolute atomic E-state index is 12.0. The minimum Gasteiger partial charge on any atom is -0.342 e. The first-order chi connectivity index (χ1) is 9.65. The van der Waals surface area contributed by atoms with Crippen LogP contribution in [0.4, 0.5) is 0 Å². The predicted octanol–water partition coefficient (Wildman–Crippen LogP) is 2.66. The molecule has 0 radical (unpaired) electrons. The van der Waals surface area contributed by atoms with Gasteiger partial charge in [-0.15, -0.1) is 0 Å². The first-order valence-electron chi connectivity index (χ1n) is 7.95. The second-order valence-corrected chi connectivity index (χ2v) is 6.64. The van der Waals surface area contributed by atoms with Gasteiger partial charge in [0.25, 0.3) is 0 Å². The minimum absolute atomic E-state index is 0.368. The Morgan fingerprint density at radius 2 is 2.00 bits per heavy atom. The smallest absolute Gasteiger partial charge is 0.225 e. The van der Waals surface area contributed by atoms with E-state index >= 15 is 0 Å². The lowest BCUT2D eigenvalue weighted by atomic mass is 9.96. The quantitative estimate of drug-likeness (QED) is 0.847. The molecule has 2 aliphatic rings. The third kappa shape index (κ3) is 2.89. The number of carbonyl (C=O) groups is 1. The van der Waals surface area contributed by atoms with E-state index in [1.54, 1.807) is 0 Å². The molecular weight excluding hydrogens is 250 g/mol. The molecule has 110 valence electrons. The molecule has 1 aliphatic carbocycles. The average molecular weight is 275 g/mol. The zero-order valence-corrected chi connectivity index (χ0v) is 12.6. The highest BCUT2D eigenvalue weighted by Gasteiger charge is 2.34. The first-order valence-corrected chi connectivity index (χ1v) is 7.95. The number of rotatable bonds is 4. The number of nitrogens with zero attached hydrogens (tertiary/aromatic N) is 3. The summed E-state index contributed by atoms with van der Waals surface area (Å²) in [5, 5.41) is 0. The third-order valence-electron chi connectivity index (χ3n) is 4.57.